The van der Waals surface area contributed by atoms with Crippen LogP contribution in [0.15, 0.2) is 58.9 Å². The highest BCUT2D eigenvalue weighted by molar-refractivity contribution is 6.31. The largest absolute Gasteiger partial charge is 0.466 e. The van der Waals surface area contributed by atoms with Crippen molar-refractivity contribution in [2.45, 2.75) is 32.4 Å². The van der Waals surface area contributed by atoms with Crippen molar-refractivity contribution in [3.05, 3.63) is 76.0 Å². The van der Waals surface area contributed by atoms with Crippen LogP contribution in [-0.4, -0.2) is 78.1 Å². The van der Waals surface area contributed by atoms with E-state index in [4.69, 9.17) is 26.1 Å². The molecule has 9 nitrogen and oxygen atoms in total. The van der Waals surface area contributed by atoms with Gasteiger partial charge in [0, 0.05) is 55.2 Å². The van der Waals surface area contributed by atoms with Crippen molar-refractivity contribution in [3.8, 4) is 0 Å². The molecule has 0 radical (unpaired) electrons. The van der Waals surface area contributed by atoms with Gasteiger partial charge in [0.25, 0.3) is 0 Å². The molecule has 3 heterocycles. The number of ether oxygens (including phenoxy) is 2. The number of piperazine rings is 1. The number of esters is 1. The number of benzene rings is 1. The Labute approximate surface area is 226 Å². The summed E-state index contributed by atoms with van der Waals surface area (Å²) in [4.78, 5) is 38.5. The topological polar surface area (TPSA) is 96.4 Å². The molecule has 2 aliphatic heterocycles. The number of aromatic nitrogens is 1. The van der Waals surface area contributed by atoms with Gasteiger partial charge in [-0.25, -0.2) is 14.0 Å². The number of nitrogens with zero attached hydrogens (tertiary/aromatic N) is 4. The normalized spacial score (nSPS) is 18.5. The zero-order valence-corrected chi connectivity index (χ0v) is 22.6. The van der Waals surface area contributed by atoms with E-state index in [0.29, 0.717) is 55.5 Å². The number of amides is 1. The molecule has 1 amide bonds. The van der Waals surface area contributed by atoms with Crippen LogP contribution in [0, 0.1) is 5.82 Å². The Hall–Kier alpha value is -3.50. The number of pyridine rings is 1. The zero-order valence-electron chi connectivity index (χ0n) is 21.8. The molecule has 0 bridgehead atoms. The molecule has 0 aliphatic carbocycles. The zero-order chi connectivity index (χ0) is 27.4. The molecule has 0 spiro atoms. The Kier molecular flexibility index (Phi) is 8.32. The van der Waals surface area contributed by atoms with Gasteiger partial charge in [-0.2, -0.15) is 0 Å². The predicted octanol–water partition coefficient (Wildman–Crippen LogP) is 3.95. The van der Waals surface area contributed by atoms with E-state index in [2.05, 4.69) is 15.2 Å². The summed E-state index contributed by atoms with van der Waals surface area (Å²) in [5.41, 5.74) is 1.32. The van der Waals surface area contributed by atoms with Gasteiger partial charge >= 0.3 is 12.1 Å². The third kappa shape index (κ3) is 6.49. The molecule has 0 saturated carbocycles. The summed E-state index contributed by atoms with van der Waals surface area (Å²) in [5, 5.41) is 3.43. The van der Waals surface area contributed by atoms with E-state index < -0.39 is 23.4 Å². The van der Waals surface area contributed by atoms with E-state index in [-0.39, 0.29) is 16.7 Å². The number of carbonyl (C=O) groups excluding carboxylic acids is 2. The lowest BCUT2D eigenvalue weighted by Gasteiger charge is -2.37. The van der Waals surface area contributed by atoms with Crippen LogP contribution in [0.3, 0.4) is 0 Å². The summed E-state index contributed by atoms with van der Waals surface area (Å²) < 4.78 is 24.5. The number of rotatable bonds is 5. The Morgan fingerprint density at radius 1 is 1.16 bits per heavy atom. The fourth-order valence-electron chi connectivity index (χ4n) is 4.29. The lowest BCUT2D eigenvalue weighted by molar-refractivity contribution is -0.136. The van der Waals surface area contributed by atoms with Crippen LogP contribution in [0.2, 0.25) is 5.02 Å². The second kappa shape index (κ2) is 11.5. The lowest BCUT2D eigenvalue weighted by atomic mass is 9.94. The fourth-order valence-corrected chi connectivity index (χ4v) is 4.56. The number of aliphatic imine (C=N–C) groups is 1. The Bertz CT molecular complexity index is 1250. The van der Waals surface area contributed by atoms with Gasteiger partial charge in [-0.3, -0.25) is 14.9 Å². The number of amidine groups is 1. The van der Waals surface area contributed by atoms with Crippen LogP contribution in [0.1, 0.15) is 38.1 Å². The number of nitrogens with one attached hydrogen (secondary N) is 1. The molecule has 1 atom stereocenters. The van der Waals surface area contributed by atoms with Gasteiger partial charge in [-0.1, -0.05) is 23.7 Å². The summed E-state index contributed by atoms with van der Waals surface area (Å²) >= 11 is 6.42. The van der Waals surface area contributed by atoms with Crippen LogP contribution < -0.4 is 5.32 Å². The van der Waals surface area contributed by atoms with E-state index in [9.17, 15) is 14.0 Å². The third-order valence-electron chi connectivity index (χ3n) is 6.10. The van der Waals surface area contributed by atoms with Crippen molar-refractivity contribution < 1.29 is 23.5 Å². The van der Waals surface area contributed by atoms with E-state index in [1.54, 1.807) is 23.2 Å². The molecule has 1 fully saturated rings. The van der Waals surface area contributed by atoms with E-state index >= 15 is 0 Å². The van der Waals surface area contributed by atoms with Crippen molar-refractivity contribution in [3.63, 3.8) is 0 Å². The predicted molar refractivity (Wildman–Crippen MR) is 141 cm³/mol. The standard InChI is InChI=1S/C27H31ClFN5O4/c1-27(2,3)38-26(36)34-13-11-33(12-14-34)16-21-22(25(35)37-4)23(18-9-8-17(29)15-19(18)28)32-24(31-21)20-7-5-6-10-30-20/h5-10,15,23H,11-14,16H2,1-4H3,(H,31,32). The quantitative estimate of drug-likeness (QED) is 0.570. The maximum atomic E-state index is 13.9. The molecular formula is C27H31ClFN5O4. The molecule has 2 aliphatic rings. The van der Waals surface area contributed by atoms with Crippen molar-refractivity contribution in [2.24, 2.45) is 4.99 Å². The molecule has 11 heteroatoms. The molecule has 2 aromatic rings. The first-order valence-corrected chi connectivity index (χ1v) is 12.7. The minimum absolute atomic E-state index is 0.146. The summed E-state index contributed by atoms with van der Waals surface area (Å²) in [5.74, 6) is -0.617. The summed E-state index contributed by atoms with van der Waals surface area (Å²) in [7, 11) is 1.30. The van der Waals surface area contributed by atoms with Crippen molar-refractivity contribution in [2.75, 3.05) is 39.8 Å². The third-order valence-corrected chi connectivity index (χ3v) is 6.43. The van der Waals surface area contributed by atoms with Gasteiger partial charge in [-0.15, -0.1) is 0 Å². The number of hydrogen-bond acceptors (Lipinski definition) is 8. The first kappa shape index (κ1) is 27.5. The molecular weight excluding hydrogens is 513 g/mol. The van der Waals surface area contributed by atoms with Crippen molar-refractivity contribution in [1.29, 1.82) is 0 Å². The number of hydrogen-bond donors (Lipinski definition) is 1. The monoisotopic (exact) mass is 543 g/mol. The first-order chi connectivity index (χ1) is 18.1. The van der Waals surface area contributed by atoms with Crippen LogP contribution in [0.25, 0.3) is 0 Å². The number of methoxy groups -OCH3 is 1. The first-order valence-electron chi connectivity index (χ1n) is 12.3. The average Bonchev–Trinajstić information content (AvgIpc) is 2.88. The molecule has 38 heavy (non-hydrogen) atoms. The minimum Gasteiger partial charge on any atom is -0.466 e. The van der Waals surface area contributed by atoms with Crippen LogP contribution >= 0.6 is 11.6 Å². The van der Waals surface area contributed by atoms with Gasteiger partial charge in [0.2, 0.25) is 0 Å². The fraction of sp³-hybridized carbons (Fsp3) is 0.407. The van der Waals surface area contributed by atoms with Gasteiger partial charge in [-0.05, 0) is 45.0 Å². The van der Waals surface area contributed by atoms with E-state index in [1.807, 2.05) is 26.8 Å². The van der Waals surface area contributed by atoms with E-state index in [1.165, 1.54) is 25.3 Å². The van der Waals surface area contributed by atoms with Gasteiger partial charge in [0.05, 0.1) is 12.7 Å². The van der Waals surface area contributed by atoms with Gasteiger partial charge in [0.1, 0.15) is 23.2 Å². The number of halogens is 2. The molecule has 4 rings (SSSR count). The second-order valence-electron chi connectivity index (χ2n) is 10.0. The highest BCUT2D eigenvalue weighted by Crippen LogP contribution is 2.36. The maximum absolute atomic E-state index is 13.9. The number of carbonyl (C=O) groups is 2. The SMILES string of the molecule is COC(=O)C1=C(CN2CCN(C(=O)OC(C)(C)C)CC2)NC(c2ccccn2)=NC1c1ccc(F)cc1Cl. The molecule has 202 valence electrons. The van der Waals surface area contributed by atoms with Crippen LogP contribution in [0.5, 0.6) is 0 Å². The van der Waals surface area contributed by atoms with Gasteiger partial charge in [0.15, 0.2) is 5.84 Å². The highest BCUT2D eigenvalue weighted by Gasteiger charge is 2.35. The lowest BCUT2D eigenvalue weighted by Crippen LogP contribution is -2.51. The average molecular weight is 544 g/mol. The summed E-state index contributed by atoms with van der Waals surface area (Å²) in [6.07, 6.45) is 1.30. The van der Waals surface area contributed by atoms with E-state index in [0.717, 1.165) is 0 Å². The van der Waals surface area contributed by atoms with Crippen molar-refractivity contribution in [1.82, 2.24) is 20.1 Å². The smallest absolute Gasteiger partial charge is 0.410 e. The van der Waals surface area contributed by atoms with Crippen molar-refractivity contribution >= 4 is 29.5 Å². The van der Waals surface area contributed by atoms with Crippen LogP contribution in [0.4, 0.5) is 9.18 Å². The summed E-state index contributed by atoms with van der Waals surface area (Å²) in [6.45, 7) is 7.94. The maximum Gasteiger partial charge on any atom is 0.410 e. The summed E-state index contributed by atoms with van der Waals surface area (Å²) in [6, 6.07) is 8.59. The molecule has 1 aromatic heterocycles. The second-order valence-corrected chi connectivity index (χ2v) is 10.4. The Balaban J connectivity index is 1.65. The molecule has 1 unspecified atom stereocenters. The van der Waals surface area contributed by atoms with Gasteiger partial charge < -0.3 is 19.7 Å². The Morgan fingerprint density at radius 2 is 1.89 bits per heavy atom. The Morgan fingerprint density at radius 3 is 2.50 bits per heavy atom. The molecule has 1 aromatic carbocycles. The molecule has 1 N–H and O–H groups in total. The molecule has 1 saturated heterocycles. The highest BCUT2D eigenvalue weighted by atomic mass is 35.5. The minimum atomic E-state index is -0.841. The van der Waals surface area contributed by atoms with Crippen LogP contribution in [-0.2, 0) is 14.3 Å².